The maximum absolute atomic E-state index is 4.64. The fourth-order valence-electron chi connectivity index (χ4n) is 1.98. The Balaban J connectivity index is 2.07. The number of hydrogen-bond acceptors (Lipinski definition) is 5. The topological polar surface area (TPSA) is 55.6 Å². The summed E-state index contributed by atoms with van der Waals surface area (Å²) in [5.41, 5.74) is 2.10. The molecule has 104 valence electrons. The summed E-state index contributed by atoms with van der Waals surface area (Å²) in [4.78, 5) is 0. The van der Waals surface area contributed by atoms with Crippen LogP contribution in [-0.4, -0.2) is 25.9 Å². The van der Waals surface area contributed by atoms with Crippen molar-refractivity contribution in [2.75, 3.05) is 6.54 Å². The average molecular weight is 279 g/mol. The summed E-state index contributed by atoms with van der Waals surface area (Å²) < 4.78 is 5.98. The van der Waals surface area contributed by atoms with Crippen LogP contribution in [0.1, 0.15) is 50.7 Å². The molecule has 0 amide bonds. The van der Waals surface area contributed by atoms with Gasteiger partial charge >= 0.3 is 0 Å². The van der Waals surface area contributed by atoms with Crippen molar-refractivity contribution in [3.05, 3.63) is 29.0 Å². The van der Waals surface area contributed by atoms with E-state index in [0.717, 1.165) is 30.8 Å². The lowest BCUT2D eigenvalue weighted by molar-refractivity contribution is 0.465. The highest BCUT2D eigenvalue weighted by molar-refractivity contribution is 7.03. The average Bonchev–Trinajstić information content (AvgIpc) is 3.08. The molecule has 0 saturated carbocycles. The zero-order valence-corrected chi connectivity index (χ0v) is 12.5. The first-order valence-electron chi connectivity index (χ1n) is 6.79. The molecule has 0 aromatic carbocycles. The fourth-order valence-corrected chi connectivity index (χ4v) is 2.49. The van der Waals surface area contributed by atoms with Gasteiger partial charge in [0.25, 0.3) is 0 Å². The second-order valence-electron chi connectivity index (χ2n) is 4.69. The highest BCUT2D eigenvalue weighted by Gasteiger charge is 2.16. The summed E-state index contributed by atoms with van der Waals surface area (Å²) in [7, 11) is 0. The zero-order chi connectivity index (χ0) is 13.7. The van der Waals surface area contributed by atoms with Gasteiger partial charge in [-0.3, -0.25) is 4.68 Å². The predicted molar refractivity (Wildman–Crippen MR) is 77.3 cm³/mol. The van der Waals surface area contributed by atoms with Gasteiger partial charge in [0.1, 0.15) is 0 Å². The molecule has 0 spiro atoms. The molecule has 2 heterocycles. The third-order valence-corrected chi connectivity index (χ3v) is 3.83. The Hall–Kier alpha value is -1.27. The molecular weight excluding hydrogens is 258 g/mol. The number of nitrogens with one attached hydrogen (secondary N) is 1. The van der Waals surface area contributed by atoms with Crippen LogP contribution >= 0.6 is 11.5 Å². The molecule has 0 aliphatic heterocycles. The molecule has 1 N–H and O–H groups in total. The largest absolute Gasteiger partial charge is 0.308 e. The number of nitrogens with zero attached hydrogens (tertiary/aromatic N) is 4. The van der Waals surface area contributed by atoms with E-state index < -0.39 is 0 Å². The summed E-state index contributed by atoms with van der Waals surface area (Å²) >= 11 is 1.39. The molecule has 0 fully saturated rings. The van der Waals surface area contributed by atoms with Gasteiger partial charge in [-0.15, -0.1) is 5.10 Å². The van der Waals surface area contributed by atoms with Crippen molar-refractivity contribution in [3.8, 4) is 0 Å². The van der Waals surface area contributed by atoms with Gasteiger partial charge in [-0.1, -0.05) is 18.3 Å². The van der Waals surface area contributed by atoms with Crippen molar-refractivity contribution in [1.29, 1.82) is 0 Å². The second kappa shape index (κ2) is 6.77. The van der Waals surface area contributed by atoms with Crippen molar-refractivity contribution < 1.29 is 0 Å². The molecule has 0 aliphatic carbocycles. The Morgan fingerprint density at radius 1 is 1.42 bits per heavy atom. The molecule has 2 aromatic rings. The molecule has 19 heavy (non-hydrogen) atoms. The molecular formula is C13H21N5S. The van der Waals surface area contributed by atoms with Gasteiger partial charge in [-0.25, -0.2) is 0 Å². The highest BCUT2D eigenvalue weighted by Crippen LogP contribution is 2.17. The first-order chi connectivity index (χ1) is 9.24. The molecule has 0 saturated heterocycles. The number of likely N-dealkylation sites (N-methyl/N-ethyl adjacent to an activating group) is 1. The van der Waals surface area contributed by atoms with Gasteiger partial charge in [0.2, 0.25) is 0 Å². The summed E-state index contributed by atoms with van der Waals surface area (Å²) in [5.74, 6) is 0. The van der Waals surface area contributed by atoms with Crippen LogP contribution in [-0.2, 0) is 6.42 Å². The Kier molecular flexibility index (Phi) is 5.04. The molecule has 6 heteroatoms. The minimum Gasteiger partial charge on any atom is -0.308 e. The molecule has 0 aliphatic rings. The van der Waals surface area contributed by atoms with E-state index in [1.807, 2.05) is 10.1 Å². The number of hydrogen-bond donors (Lipinski definition) is 1. The van der Waals surface area contributed by atoms with Crippen LogP contribution in [0.25, 0.3) is 0 Å². The Morgan fingerprint density at radius 2 is 2.26 bits per heavy atom. The standard InChI is InChI=1S/C13H21N5S/c1-4-10(3)18-7-6-11(16-18)8-12(14-5-2)13-9-19-17-15-13/h6-7,9-10,12,14H,4-5,8H2,1-3H3. The van der Waals surface area contributed by atoms with E-state index >= 15 is 0 Å². The van der Waals surface area contributed by atoms with Crippen LogP contribution in [0.4, 0.5) is 0 Å². The monoisotopic (exact) mass is 279 g/mol. The Morgan fingerprint density at radius 3 is 2.89 bits per heavy atom. The van der Waals surface area contributed by atoms with Crippen LogP contribution in [0, 0.1) is 0 Å². The second-order valence-corrected chi connectivity index (χ2v) is 5.30. The van der Waals surface area contributed by atoms with Gasteiger partial charge in [0.15, 0.2) is 0 Å². The SMILES string of the molecule is CCNC(Cc1ccn(C(C)CC)n1)c1csnn1. The number of rotatable bonds is 7. The van der Waals surface area contributed by atoms with Gasteiger partial charge in [-0.05, 0) is 37.5 Å². The Labute approximate surface area is 118 Å². The van der Waals surface area contributed by atoms with Crippen LogP contribution in [0.5, 0.6) is 0 Å². The molecule has 0 bridgehead atoms. The number of aromatic nitrogens is 4. The summed E-state index contributed by atoms with van der Waals surface area (Å²) in [6.45, 7) is 7.37. The highest BCUT2D eigenvalue weighted by atomic mass is 32.1. The summed E-state index contributed by atoms with van der Waals surface area (Å²) in [6.07, 6.45) is 4.00. The lowest BCUT2D eigenvalue weighted by Crippen LogP contribution is -2.23. The maximum Gasteiger partial charge on any atom is 0.0928 e. The van der Waals surface area contributed by atoms with Gasteiger partial charge in [0, 0.05) is 24.0 Å². The maximum atomic E-state index is 4.64. The Bertz CT molecular complexity index is 479. The van der Waals surface area contributed by atoms with Crippen LogP contribution in [0.2, 0.25) is 0 Å². The van der Waals surface area contributed by atoms with Crippen molar-refractivity contribution >= 4 is 11.5 Å². The van der Waals surface area contributed by atoms with Crippen molar-refractivity contribution in [2.45, 2.75) is 45.7 Å². The van der Waals surface area contributed by atoms with Gasteiger partial charge < -0.3 is 5.32 Å². The smallest absolute Gasteiger partial charge is 0.0928 e. The zero-order valence-electron chi connectivity index (χ0n) is 11.7. The van der Waals surface area contributed by atoms with Gasteiger partial charge in [-0.2, -0.15) is 5.10 Å². The first-order valence-corrected chi connectivity index (χ1v) is 7.62. The molecule has 2 rings (SSSR count). The fraction of sp³-hybridized carbons (Fsp3) is 0.615. The van der Waals surface area contributed by atoms with E-state index in [9.17, 15) is 0 Å². The normalized spacial score (nSPS) is 14.5. The lowest BCUT2D eigenvalue weighted by Gasteiger charge is -2.14. The minimum absolute atomic E-state index is 0.198. The summed E-state index contributed by atoms with van der Waals surface area (Å²) in [6, 6.07) is 2.74. The lowest BCUT2D eigenvalue weighted by atomic mass is 10.1. The molecule has 0 radical (unpaired) electrons. The van der Waals surface area contributed by atoms with Crippen molar-refractivity contribution in [2.24, 2.45) is 0 Å². The van der Waals surface area contributed by atoms with E-state index in [0.29, 0.717) is 6.04 Å². The van der Waals surface area contributed by atoms with Crippen molar-refractivity contribution in [3.63, 3.8) is 0 Å². The predicted octanol–water partition coefficient (Wildman–Crippen LogP) is 2.60. The molecule has 2 aromatic heterocycles. The van der Waals surface area contributed by atoms with Crippen LogP contribution in [0.15, 0.2) is 17.6 Å². The van der Waals surface area contributed by atoms with Crippen molar-refractivity contribution in [1.82, 2.24) is 24.7 Å². The van der Waals surface area contributed by atoms with E-state index in [2.05, 4.69) is 53.0 Å². The van der Waals surface area contributed by atoms with E-state index in [-0.39, 0.29) is 6.04 Å². The third kappa shape index (κ3) is 3.61. The third-order valence-electron chi connectivity index (χ3n) is 3.30. The van der Waals surface area contributed by atoms with Crippen LogP contribution < -0.4 is 5.32 Å². The van der Waals surface area contributed by atoms with E-state index in [1.54, 1.807) is 0 Å². The van der Waals surface area contributed by atoms with E-state index in [1.165, 1.54) is 11.5 Å². The molecule has 2 atom stereocenters. The quantitative estimate of drug-likeness (QED) is 0.846. The molecule has 5 nitrogen and oxygen atoms in total. The van der Waals surface area contributed by atoms with E-state index in [4.69, 9.17) is 0 Å². The van der Waals surface area contributed by atoms with Gasteiger partial charge in [0.05, 0.1) is 17.4 Å². The first kappa shape index (κ1) is 14.1. The summed E-state index contributed by atoms with van der Waals surface area (Å²) in [5, 5.41) is 14.2. The molecule has 2 unspecified atom stereocenters. The minimum atomic E-state index is 0.198. The van der Waals surface area contributed by atoms with Crippen LogP contribution in [0.3, 0.4) is 0 Å².